The van der Waals surface area contributed by atoms with Crippen LogP contribution in [-0.2, 0) is 0 Å². The average Bonchev–Trinajstić information content (AvgIpc) is 3.08. The molecule has 1 aromatic heterocycles. The zero-order chi connectivity index (χ0) is 17.6. The van der Waals surface area contributed by atoms with Crippen molar-refractivity contribution in [3.63, 3.8) is 0 Å². The summed E-state index contributed by atoms with van der Waals surface area (Å²) >= 11 is 0. The zero-order valence-electron chi connectivity index (χ0n) is 15.5. The summed E-state index contributed by atoms with van der Waals surface area (Å²) in [4.78, 5) is 11.5. The number of aromatic nitrogens is 2. The Balaban J connectivity index is 1.38. The lowest BCUT2D eigenvalue weighted by molar-refractivity contribution is 0.617. The summed E-state index contributed by atoms with van der Waals surface area (Å²) in [5, 5.41) is 6.93. The summed E-state index contributed by atoms with van der Waals surface area (Å²) in [6.07, 6.45) is 12.3. The molecule has 0 bridgehead atoms. The maximum Gasteiger partial charge on any atom is 0.229 e. The highest BCUT2D eigenvalue weighted by Gasteiger charge is 2.13. The Morgan fingerprint density at radius 3 is 2.31 bits per heavy atom. The molecule has 0 spiro atoms. The third-order valence-corrected chi connectivity index (χ3v) is 5.46. The number of hydrogen-bond acceptors (Lipinski definition) is 5. The van der Waals surface area contributed by atoms with E-state index in [-0.39, 0.29) is 0 Å². The van der Waals surface area contributed by atoms with Gasteiger partial charge in [0.2, 0.25) is 5.95 Å². The van der Waals surface area contributed by atoms with Gasteiger partial charge in [-0.15, -0.1) is 0 Å². The number of anilines is 4. The van der Waals surface area contributed by atoms with Crippen molar-refractivity contribution in [2.45, 2.75) is 57.4 Å². The van der Waals surface area contributed by atoms with Gasteiger partial charge in [-0.2, -0.15) is 4.98 Å². The van der Waals surface area contributed by atoms with Crippen molar-refractivity contribution in [2.24, 2.45) is 0 Å². The number of hydrogen-bond donors (Lipinski definition) is 2. The van der Waals surface area contributed by atoms with Gasteiger partial charge >= 0.3 is 0 Å². The highest BCUT2D eigenvalue weighted by atomic mass is 15.2. The highest BCUT2D eigenvalue weighted by molar-refractivity contribution is 5.60. The molecular formula is C21H29N5. The van der Waals surface area contributed by atoms with E-state index in [0.29, 0.717) is 12.0 Å². The fraction of sp³-hybridized carbons (Fsp3) is 0.524. The summed E-state index contributed by atoms with van der Waals surface area (Å²) in [6.45, 7) is 2.34. The quantitative estimate of drug-likeness (QED) is 0.746. The van der Waals surface area contributed by atoms with Crippen LogP contribution in [-0.4, -0.2) is 29.1 Å². The fourth-order valence-corrected chi connectivity index (χ4v) is 3.99. The molecule has 1 saturated carbocycles. The van der Waals surface area contributed by atoms with E-state index in [2.05, 4.69) is 49.8 Å². The Morgan fingerprint density at radius 1 is 0.846 bits per heavy atom. The molecule has 1 aromatic carbocycles. The van der Waals surface area contributed by atoms with E-state index in [1.165, 1.54) is 70.1 Å². The van der Waals surface area contributed by atoms with Crippen molar-refractivity contribution < 1.29 is 0 Å². The first-order chi connectivity index (χ1) is 12.9. The van der Waals surface area contributed by atoms with Crippen LogP contribution in [0.2, 0.25) is 0 Å². The Bertz CT molecular complexity index is 686. The summed E-state index contributed by atoms with van der Waals surface area (Å²) < 4.78 is 0. The summed E-state index contributed by atoms with van der Waals surface area (Å²) in [5.41, 5.74) is 2.33. The SMILES string of the molecule is c1cc(NC2CCCCCC2)nc(Nc2ccc(N3CCCC3)cc2)n1. The lowest BCUT2D eigenvalue weighted by Crippen LogP contribution is -2.19. The Labute approximate surface area is 156 Å². The minimum Gasteiger partial charge on any atom is -0.372 e. The normalized spacial score (nSPS) is 18.5. The monoisotopic (exact) mass is 351 g/mol. The van der Waals surface area contributed by atoms with E-state index in [4.69, 9.17) is 0 Å². The average molecular weight is 351 g/mol. The maximum atomic E-state index is 4.65. The number of rotatable bonds is 5. The molecular weight excluding hydrogens is 322 g/mol. The largest absolute Gasteiger partial charge is 0.372 e. The second kappa shape index (κ2) is 8.39. The van der Waals surface area contributed by atoms with E-state index in [0.717, 1.165) is 11.5 Å². The summed E-state index contributed by atoms with van der Waals surface area (Å²) in [6, 6.07) is 11.1. The molecule has 1 aliphatic carbocycles. The van der Waals surface area contributed by atoms with E-state index >= 15 is 0 Å². The molecule has 1 aliphatic heterocycles. The maximum absolute atomic E-state index is 4.65. The smallest absolute Gasteiger partial charge is 0.229 e. The molecule has 2 aromatic rings. The van der Waals surface area contributed by atoms with Crippen LogP contribution in [0.3, 0.4) is 0 Å². The topological polar surface area (TPSA) is 53.1 Å². The molecule has 138 valence electrons. The molecule has 0 unspecified atom stereocenters. The predicted octanol–water partition coefficient (Wildman–Crippen LogP) is 4.96. The van der Waals surface area contributed by atoms with Crippen molar-refractivity contribution in [3.8, 4) is 0 Å². The van der Waals surface area contributed by atoms with Crippen molar-refractivity contribution in [2.75, 3.05) is 28.6 Å². The van der Waals surface area contributed by atoms with Crippen molar-refractivity contribution in [3.05, 3.63) is 36.5 Å². The van der Waals surface area contributed by atoms with Gasteiger partial charge in [0.1, 0.15) is 5.82 Å². The van der Waals surface area contributed by atoms with Gasteiger partial charge in [-0.1, -0.05) is 25.7 Å². The van der Waals surface area contributed by atoms with Crippen LogP contribution < -0.4 is 15.5 Å². The van der Waals surface area contributed by atoms with Gasteiger partial charge in [0.25, 0.3) is 0 Å². The minimum atomic E-state index is 0.542. The van der Waals surface area contributed by atoms with E-state index in [1.54, 1.807) is 0 Å². The van der Waals surface area contributed by atoms with Crippen molar-refractivity contribution in [1.82, 2.24) is 9.97 Å². The molecule has 26 heavy (non-hydrogen) atoms. The molecule has 5 heteroatoms. The van der Waals surface area contributed by atoms with Gasteiger partial charge in [-0.25, -0.2) is 4.98 Å². The van der Waals surface area contributed by atoms with Gasteiger partial charge in [0.15, 0.2) is 0 Å². The number of benzene rings is 1. The highest BCUT2D eigenvalue weighted by Crippen LogP contribution is 2.24. The molecule has 2 N–H and O–H groups in total. The van der Waals surface area contributed by atoms with Crippen LogP contribution in [0.15, 0.2) is 36.5 Å². The third kappa shape index (κ3) is 4.45. The van der Waals surface area contributed by atoms with Crippen molar-refractivity contribution in [1.29, 1.82) is 0 Å². The van der Waals surface area contributed by atoms with Gasteiger partial charge in [-0.05, 0) is 56.0 Å². The van der Waals surface area contributed by atoms with E-state index < -0.39 is 0 Å². The Hall–Kier alpha value is -2.30. The van der Waals surface area contributed by atoms with Crippen LogP contribution in [0.1, 0.15) is 51.4 Å². The van der Waals surface area contributed by atoms with Gasteiger partial charge in [0.05, 0.1) is 0 Å². The van der Waals surface area contributed by atoms with Gasteiger partial charge < -0.3 is 15.5 Å². The minimum absolute atomic E-state index is 0.542. The van der Waals surface area contributed by atoms with Crippen LogP contribution in [0.25, 0.3) is 0 Å². The number of nitrogens with zero attached hydrogens (tertiary/aromatic N) is 3. The first-order valence-corrected chi connectivity index (χ1v) is 10.1. The standard InChI is InChI=1S/C21H29N5/c1-2-4-8-17(7-3-1)23-20-13-14-22-21(25-20)24-18-9-11-19(12-10-18)26-15-5-6-16-26/h9-14,17H,1-8,15-16H2,(H2,22,23,24,25). The molecule has 0 amide bonds. The molecule has 2 heterocycles. The molecule has 2 aliphatic rings. The predicted molar refractivity (Wildman–Crippen MR) is 108 cm³/mol. The molecule has 0 atom stereocenters. The Morgan fingerprint density at radius 2 is 1.58 bits per heavy atom. The van der Waals surface area contributed by atoms with E-state index in [1.807, 2.05) is 12.3 Å². The summed E-state index contributed by atoms with van der Waals surface area (Å²) in [5.74, 6) is 1.57. The van der Waals surface area contributed by atoms with Crippen LogP contribution in [0.4, 0.5) is 23.1 Å². The van der Waals surface area contributed by atoms with Crippen molar-refractivity contribution >= 4 is 23.1 Å². The third-order valence-electron chi connectivity index (χ3n) is 5.46. The molecule has 1 saturated heterocycles. The lowest BCUT2D eigenvalue weighted by Gasteiger charge is -2.18. The number of nitrogens with one attached hydrogen (secondary N) is 2. The van der Waals surface area contributed by atoms with Crippen LogP contribution in [0.5, 0.6) is 0 Å². The second-order valence-corrected chi connectivity index (χ2v) is 7.46. The molecule has 4 rings (SSSR count). The molecule has 0 radical (unpaired) electrons. The Kier molecular flexibility index (Phi) is 5.53. The molecule has 5 nitrogen and oxygen atoms in total. The first kappa shape index (κ1) is 17.1. The van der Waals surface area contributed by atoms with Gasteiger partial charge in [0, 0.05) is 36.7 Å². The fourth-order valence-electron chi connectivity index (χ4n) is 3.99. The lowest BCUT2D eigenvalue weighted by atomic mass is 10.1. The second-order valence-electron chi connectivity index (χ2n) is 7.46. The first-order valence-electron chi connectivity index (χ1n) is 10.1. The summed E-state index contributed by atoms with van der Waals surface area (Å²) in [7, 11) is 0. The molecule has 2 fully saturated rings. The zero-order valence-corrected chi connectivity index (χ0v) is 15.5. The van der Waals surface area contributed by atoms with Gasteiger partial charge in [-0.3, -0.25) is 0 Å². The van der Waals surface area contributed by atoms with Crippen LogP contribution in [0, 0.1) is 0 Å². The van der Waals surface area contributed by atoms with E-state index in [9.17, 15) is 0 Å². The van der Waals surface area contributed by atoms with Crippen LogP contribution >= 0.6 is 0 Å².